The summed E-state index contributed by atoms with van der Waals surface area (Å²) in [6, 6.07) is 18.6. The second kappa shape index (κ2) is 12.2. The van der Waals surface area contributed by atoms with Crippen molar-refractivity contribution < 1.29 is 9.53 Å². The van der Waals surface area contributed by atoms with Crippen LogP contribution in [-0.2, 0) is 22.4 Å². The number of aromatic nitrogens is 2. The van der Waals surface area contributed by atoms with Crippen molar-refractivity contribution in [2.24, 2.45) is 0 Å². The first-order valence-electron chi connectivity index (χ1n) is 10.6. The summed E-state index contributed by atoms with van der Waals surface area (Å²) in [5.74, 6) is 0.848. The number of methoxy groups -OCH3 is 1. The van der Waals surface area contributed by atoms with Gasteiger partial charge in [-0.2, -0.15) is 4.37 Å². The molecule has 3 rings (SSSR count). The van der Waals surface area contributed by atoms with Gasteiger partial charge in [0.25, 0.3) is 0 Å². The number of benzene rings is 2. The molecule has 1 N–H and O–H groups in total. The number of nitrogens with one attached hydrogen (secondary N) is 1. The zero-order chi connectivity index (χ0) is 21.9. The predicted octanol–water partition coefficient (Wildman–Crippen LogP) is 3.64. The van der Waals surface area contributed by atoms with Crippen LogP contribution in [0.2, 0.25) is 0 Å². The fourth-order valence-electron chi connectivity index (χ4n) is 3.15. The van der Waals surface area contributed by atoms with Gasteiger partial charge in [-0.05, 0) is 24.5 Å². The number of anilines is 1. The Morgan fingerprint density at radius 2 is 1.84 bits per heavy atom. The lowest BCUT2D eigenvalue weighted by Gasteiger charge is -2.20. The monoisotopic (exact) mass is 438 g/mol. The van der Waals surface area contributed by atoms with Gasteiger partial charge in [-0.3, -0.25) is 4.79 Å². The second-order valence-corrected chi connectivity index (χ2v) is 8.20. The molecule has 0 saturated heterocycles. The summed E-state index contributed by atoms with van der Waals surface area (Å²) in [4.78, 5) is 19.1. The summed E-state index contributed by atoms with van der Waals surface area (Å²) in [6.07, 6.45) is 1.94. The van der Waals surface area contributed by atoms with Crippen LogP contribution in [0.1, 0.15) is 28.9 Å². The topological polar surface area (TPSA) is 67.3 Å². The Bertz CT molecular complexity index is 928. The number of hydrogen-bond donors (Lipinski definition) is 1. The van der Waals surface area contributed by atoms with E-state index in [0.29, 0.717) is 39.1 Å². The maximum Gasteiger partial charge on any atom is 0.221 e. The maximum absolute atomic E-state index is 12.3. The lowest BCUT2D eigenvalue weighted by Crippen LogP contribution is -2.33. The van der Waals surface area contributed by atoms with Crippen molar-refractivity contribution in [3.05, 3.63) is 77.1 Å². The number of aryl methyl sites for hydroxylation is 1. The number of ether oxygens (including phenoxy) is 1. The first-order chi connectivity index (χ1) is 15.1. The molecular weight excluding hydrogens is 408 g/mol. The van der Waals surface area contributed by atoms with Gasteiger partial charge in [0.1, 0.15) is 5.82 Å². The molecule has 0 spiro atoms. The van der Waals surface area contributed by atoms with Gasteiger partial charge in [0.05, 0.1) is 6.61 Å². The normalized spacial score (nSPS) is 10.8. The number of amides is 1. The summed E-state index contributed by atoms with van der Waals surface area (Å²) in [7, 11) is 1.68. The molecule has 31 heavy (non-hydrogen) atoms. The lowest BCUT2D eigenvalue weighted by molar-refractivity contribution is -0.120. The fourth-order valence-corrected chi connectivity index (χ4v) is 3.89. The van der Waals surface area contributed by atoms with E-state index in [2.05, 4.69) is 57.9 Å². The zero-order valence-electron chi connectivity index (χ0n) is 18.2. The van der Waals surface area contributed by atoms with E-state index in [0.717, 1.165) is 17.4 Å². The third kappa shape index (κ3) is 7.77. The Balaban J connectivity index is 1.50. The Hall–Kier alpha value is -2.77. The van der Waals surface area contributed by atoms with E-state index in [-0.39, 0.29) is 5.91 Å². The van der Waals surface area contributed by atoms with Crippen LogP contribution in [0.3, 0.4) is 0 Å². The lowest BCUT2D eigenvalue weighted by atomic mass is 10.1. The van der Waals surface area contributed by atoms with Gasteiger partial charge in [0.15, 0.2) is 0 Å². The molecule has 1 amide bonds. The summed E-state index contributed by atoms with van der Waals surface area (Å²) in [5.41, 5.74) is 3.65. The highest BCUT2D eigenvalue weighted by atomic mass is 32.1. The van der Waals surface area contributed by atoms with Gasteiger partial charge < -0.3 is 15.0 Å². The molecule has 1 aromatic heterocycles. The Labute approximate surface area is 188 Å². The third-order valence-corrected chi connectivity index (χ3v) is 5.78. The van der Waals surface area contributed by atoms with Crippen LogP contribution in [0.25, 0.3) is 0 Å². The number of carbonyl (C=O) groups excluding carboxylic acids is 1. The van der Waals surface area contributed by atoms with Gasteiger partial charge in [-0.25, -0.2) is 4.98 Å². The Morgan fingerprint density at radius 1 is 1.06 bits per heavy atom. The minimum Gasteiger partial charge on any atom is -0.383 e. The highest BCUT2D eigenvalue weighted by Gasteiger charge is 2.14. The molecule has 0 aliphatic carbocycles. The van der Waals surface area contributed by atoms with E-state index in [1.807, 2.05) is 18.2 Å². The maximum atomic E-state index is 12.3. The van der Waals surface area contributed by atoms with Crippen molar-refractivity contribution in [3.63, 3.8) is 0 Å². The van der Waals surface area contributed by atoms with E-state index < -0.39 is 0 Å². The van der Waals surface area contributed by atoms with Crippen LogP contribution in [-0.4, -0.2) is 48.6 Å². The molecule has 0 bridgehead atoms. The highest BCUT2D eigenvalue weighted by molar-refractivity contribution is 7.09. The number of nitrogens with zero attached hydrogens (tertiary/aromatic N) is 3. The van der Waals surface area contributed by atoms with Crippen molar-refractivity contribution in [1.82, 2.24) is 14.7 Å². The highest BCUT2D eigenvalue weighted by Crippen LogP contribution is 2.19. The molecule has 0 radical (unpaired) electrons. The third-order valence-electron chi connectivity index (χ3n) is 4.96. The Morgan fingerprint density at radius 3 is 2.58 bits per heavy atom. The number of rotatable bonds is 12. The van der Waals surface area contributed by atoms with Crippen LogP contribution < -0.4 is 10.2 Å². The summed E-state index contributed by atoms with van der Waals surface area (Å²) in [5, 5.41) is 3.84. The molecule has 0 atom stereocenters. The van der Waals surface area contributed by atoms with Crippen LogP contribution >= 0.6 is 11.5 Å². The van der Waals surface area contributed by atoms with Crippen molar-refractivity contribution in [1.29, 1.82) is 0 Å². The molecule has 0 saturated carbocycles. The predicted molar refractivity (Wildman–Crippen MR) is 126 cm³/mol. The SMILES string of the molecule is COCCN(CCC(=O)NCCc1ccccc1)c1nc(Cc2ccc(C)cc2)ns1. The van der Waals surface area contributed by atoms with Gasteiger partial charge in [0.2, 0.25) is 11.0 Å². The van der Waals surface area contributed by atoms with Crippen LogP contribution in [0.15, 0.2) is 54.6 Å². The first-order valence-corrected chi connectivity index (χ1v) is 11.3. The molecule has 1 heterocycles. The van der Waals surface area contributed by atoms with Gasteiger partial charge >= 0.3 is 0 Å². The quantitative estimate of drug-likeness (QED) is 0.468. The van der Waals surface area contributed by atoms with Gasteiger partial charge in [-0.15, -0.1) is 0 Å². The second-order valence-electron chi connectivity index (χ2n) is 7.47. The fraction of sp³-hybridized carbons (Fsp3) is 0.375. The molecule has 164 valence electrons. The van der Waals surface area contributed by atoms with Gasteiger partial charge in [0, 0.05) is 51.1 Å². The molecule has 7 heteroatoms. The Kier molecular flexibility index (Phi) is 8.99. The van der Waals surface area contributed by atoms with Crippen molar-refractivity contribution in [2.75, 3.05) is 38.3 Å². The van der Waals surface area contributed by atoms with Crippen LogP contribution in [0.5, 0.6) is 0 Å². The summed E-state index contributed by atoms with van der Waals surface area (Å²) in [6.45, 7) is 4.55. The average Bonchev–Trinajstić information content (AvgIpc) is 3.24. The van der Waals surface area contributed by atoms with Crippen molar-refractivity contribution in [2.45, 2.75) is 26.2 Å². The molecule has 3 aromatic rings. The molecule has 2 aromatic carbocycles. The first kappa shape index (κ1) is 22.9. The number of carbonyl (C=O) groups is 1. The standard InChI is InChI=1S/C24H30N4O2S/c1-19-8-10-21(11-9-19)18-22-26-24(31-27-22)28(16-17-30-2)15-13-23(29)25-14-12-20-6-4-3-5-7-20/h3-11H,12-18H2,1-2H3,(H,25,29). The minimum atomic E-state index is 0.0442. The molecule has 0 aliphatic heterocycles. The molecule has 0 fully saturated rings. The number of hydrogen-bond acceptors (Lipinski definition) is 6. The van der Waals surface area contributed by atoms with E-state index in [4.69, 9.17) is 9.72 Å². The molecule has 0 unspecified atom stereocenters. The summed E-state index contributed by atoms with van der Waals surface area (Å²) >= 11 is 1.37. The van der Waals surface area contributed by atoms with Crippen molar-refractivity contribution in [3.8, 4) is 0 Å². The van der Waals surface area contributed by atoms with E-state index in [1.165, 1.54) is 28.2 Å². The smallest absolute Gasteiger partial charge is 0.221 e. The molecular formula is C24H30N4O2S. The van der Waals surface area contributed by atoms with E-state index in [9.17, 15) is 4.79 Å². The summed E-state index contributed by atoms with van der Waals surface area (Å²) < 4.78 is 9.76. The van der Waals surface area contributed by atoms with Crippen LogP contribution in [0.4, 0.5) is 5.13 Å². The van der Waals surface area contributed by atoms with E-state index in [1.54, 1.807) is 7.11 Å². The van der Waals surface area contributed by atoms with Crippen LogP contribution in [0, 0.1) is 6.92 Å². The molecule has 6 nitrogen and oxygen atoms in total. The average molecular weight is 439 g/mol. The van der Waals surface area contributed by atoms with E-state index >= 15 is 0 Å². The molecule has 0 aliphatic rings. The minimum absolute atomic E-state index is 0.0442. The zero-order valence-corrected chi connectivity index (χ0v) is 19.0. The van der Waals surface area contributed by atoms with Gasteiger partial charge in [-0.1, -0.05) is 60.2 Å². The van der Waals surface area contributed by atoms with Crippen molar-refractivity contribution >= 4 is 22.6 Å². The largest absolute Gasteiger partial charge is 0.383 e.